The number of aryl methyl sites for hydroxylation is 1. The van der Waals surface area contributed by atoms with Crippen molar-refractivity contribution in [2.45, 2.75) is 104 Å². The summed E-state index contributed by atoms with van der Waals surface area (Å²) in [5.41, 5.74) is 1.45. The van der Waals surface area contributed by atoms with Crippen LogP contribution in [0.5, 0.6) is 5.75 Å². The quantitative estimate of drug-likeness (QED) is 0.325. The second-order valence-corrected chi connectivity index (χ2v) is 8.47. The molecule has 26 heavy (non-hydrogen) atoms. The van der Waals surface area contributed by atoms with Crippen LogP contribution in [0.4, 0.5) is 0 Å². The first-order valence-corrected chi connectivity index (χ1v) is 11.5. The number of ether oxygens (including phenoxy) is 1. The lowest BCUT2D eigenvalue weighted by molar-refractivity contribution is 0.228. The predicted octanol–water partition coefficient (Wildman–Crippen LogP) is 7.97. The van der Waals surface area contributed by atoms with Gasteiger partial charge in [-0.2, -0.15) is 0 Å². The number of hydrogen-bond donors (Lipinski definition) is 0. The molecule has 0 atom stereocenters. The lowest BCUT2D eigenvalue weighted by Crippen LogP contribution is -2.15. The third-order valence-corrected chi connectivity index (χ3v) is 6.20. The van der Waals surface area contributed by atoms with Gasteiger partial charge in [-0.25, -0.2) is 0 Å². The summed E-state index contributed by atoms with van der Waals surface area (Å²) in [5.74, 6) is 3.04. The van der Waals surface area contributed by atoms with Gasteiger partial charge in [0.1, 0.15) is 5.75 Å². The van der Waals surface area contributed by atoms with E-state index in [1.807, 2.05) is 0 Å². The van der Waals surface area contributed by atoms with Crippen LogP contribution >= 0.6 is 0 Å². The zero-order valence-electron chi connectivity index (χ0n) is 17.5. The van der Waals surface area contributed by atoms with E-state index >= 15 is 0 Å². The molecule has 0 N–H and O–H groups in total. The van der Waals surface area contributed by atoms with Crippen LogP contribution in [0.25, 0.3) is 0 Å². The summed E-state index contributed by atoms with van der Waals surface area (Å²) in [6.07, 6.45) is 19.3. The van der Waals surface area contributed by atoms with E-state index in [0.29, 0.717) is 0 Å². The van der Waals surface area contributed by atoms with E-state index < -0.39 is 0 Å². The van der Waals surface area contributed by atoms with Crippen molar-refractivity contribution >= 4 is 0 Å². The topological polar surface area (TPSA) is 9.23 Å². The van der Waals surface area contributed by atoms with Crippen molar-refractivity contribution in [3.63, 3.8) is 0 Å². The molecule has 148 valence electrons. The third kappa shape index (κ3) is 8.60. The van der Waals surface area contributed by atoms with Crippen molar-refractivity contribution in [1.82, 2.24) is 0 Å². The summed E-state index contributed by atoms with van der Waals surface area (Å²) in [7, 11) is 0. The maximum absolute atomic E-state index is 5.96. The Bertz CT molecular complexity index is 442. The van der Waals surface area contributed by atoms with Gasteiger partial charge in [0.25, 0.3) is 0 Å². The molecule has 0 aliphatic heterocycles. The highest BCUT2D eigenvalue weighted by atomic mass is 16.5. The van der Waals surface area contributed by atoms with Gasteiger partial charge in [-0.15, -0.1) is 0 Å². The minimum atomic E-state index is 0.881. The molecule has 1 nitrogen and oxygen atoms in total. The van der Waals surface area contributed by atoms with E-state index in [9.17, 15) is 0 Å². The Morgan fingerprint density at radius 2 is 1.31 bits per heavy atom. The molecule has 1 aromatic rings. The first-order chi connectivity index (χ1) is 12.8. The normalized spacial score (nSPS) is 20.2. The van der Waals surface area contributed by atoms with Gasteiger partial charge in [-0.3, -0.25) is 0 Å². The van der Waals surface area contributed by atoms with Gasteiger partial charge < -0.3 is 4.74 Å². The molecule has 0 spiro atoms. The summed E-state index contributed by atoms with van der Waals surface area (Å²) < 4.78 is 5.96. The van der Waals surface area contributed by atoms with E-state index in [2.05, 4.69) is 38.1 Å². The summed E-state index contributed by atoms with van der Waals surface area (Å²) >= 11 is 0. The highest BCUT2D eigenvalue weighted by molar-refractivity contribution is 5.27. The van der Waals surface area contributed by atoms with E-state index in [1.165, 1.54) is 95.5 Å². The van der Waals surface area contributed by atoms with Crippen molar-refractivity contribution in [1.29, 1.82) is 0 Å². The zero-order valence-corrected chi connectivity index (χ0v) is 17.5. The molecule has 1 saturated carbocycles. The smallest absolute Gasteiger partial charge is 0.119 e. The SMILES string of the molecule is CCCCCc1ccc(OCCC[C@H]2CC[C@H](CCCCC)CC2)cc1. The lowest BCUT2D eigenvalue weighted by Gasteiger charge is -2.28. The molecule has 0 heterocycles. The van der Waals surface area contributed by atoms with Crippen molar-refractivity contribution in [3.05, 3.63) is 29.8 Å². The fourth-order valence-corrected chi connectivity index (χ4v) is 4.39. The summed E-state index contributed by atoms with van der Waals surface area (Å²) in [6.45, 7) is 5.45. The molecule has 0 saturated heterocycles. The molecule has 1 aromatic carbocycles. The van der Waals surface area contributed by atoms with Gasteiger partial charge in [0, 0.05) is 0 Å². The highest BCUT2D eigenvalue weighted by Gasteiger charge is 2.20. The largest absolute Gasteiger partial charge is 0.494 e. The van der Waals surface area contributed by atoms with Crippen molar-refractivity contribution in [2.24, 2.45) is 11.8 Å². The minimum absolute atomic E-state index is 0.881. The average Bonchev–Trinajstić information content (AvgIpc) is 2.68. The Morgan fingerprint density at radius 1 is 0.731 bits per heavy atom. The van der Waals surface area contributed by atoms with Crippen LogP contribution < -0.4 is 4.74 Å². The molecule has 1 aliphatic carbocycles. The van der Waals surface area contributed by atoms with Crippen LogP contribution in [0, 0.1) is 11.8 Å². The van der Waals surface area contributed by atoms with Crippen molar-refractivity contribution in [3.8, 4) is 5.75 Å². The molecular formula is C25H42O. The second-order valence-electron chi connectivity index (χ2n) is 8.47. The number of benzene rings is 1. The fourth-order valence-electron chi connectivity index (χ4n) is 4.39. The summed E-state index contributed by atoms with van der Waals surface area (Å²) in [4.78, 5) is 0. The Balaban J connectivity index is 1.52. The molecule has 1 aliphatic rings. The first-order valence-electron chi connectivity index (χ1n) is 11.5. The van der Waals surface area contributed by atoms with Crippen LogP contribution in [0.15, 0.2) is 24.3 Å². The van der Waals surface area contributed by atoms with Gasteiger partial charge in [0.15, 0.2) is 0 Å². The maximum Gasteiger partial charge on any atom is 0.119 e. The molecule has 1 heteroatoms. The van der Waals surface area contributed by atoms with E-state index in [0.717, 1.165) is 24.2 Å². The van der Waals surface area contributed by atoms with Gasteiger partial charge in [-0.05, 0) is 55.2 Å². The van der Waals surface area contributed by atoms with Crippen LogP contribution in [0.2, 0.25) is 0 Å². The molecular weight excluding hydrogens is 316 g/mol. The Hall–Kier alpha value is -0.980. The van der Waals surface area contributed by atoms with Crippen LogP contribution in [-0.4, -0.2) is 6.61 Å². The van der Waals surface area contributed by atoms with Crippen molar-refractivity contribution < 1.29 is 4.74 Å². The molecule has 0 amide bonds. The van der Waals surface area contributed by atoms with E-state index in [1.54, 1.807) is 0 Å². The summed E-state index contributed by atoms with van der Waals surface area (Å²) in [5, 5.41) is 0. The molecule has 0 unspecified atom stereocenters. The second kappa shape index (κ2) is 13.2. The monoisotopic (exact) mass is 358 g/mol. The van der Waals surface area contributed by atoms with Gasteiger partial charge in [0.05, 0.1) is 6.61 Å². The Morgan fingerprint density at radius 3 is 1.92 bits per heavy atom. The van der Waals surface area contributed by atoms with Gasteiger partial charge in [0.2, 0.25) is 0 Å². The standard InChI is InChI=1S/C25H42O/c1-3-5-7-10-22-13-15-24(16-14-22)12-9-21-26-25-19-17-23(18-20-25)11-8-6-4-2/h17-20,22,24H,3-16,21H2,1-2H3/t22-,24-. The Kier molecular flexibility index (Phi) is 10.8. The van der Waals surface area contributed by atoms with Crippen molar-refractivity contribution in [2.75, 3.05) is 6.61 Å². The van der Waals surface area contributed by atoms with Crippen LogP contribution in [-0.2, 0) is 6.42 Å². The molecule has 0 bridgehead atoms. The summed E-state index contributed by atoms with van der Waals surface area (Å²) in [6, 6.07) is 8.79. The van der Waals surface area contributed by atoms with Gasteiger partial charge >= 0.3 is 0 Å². The van der Waals surface area contributed by atoms with Crippen LogP contribution in [0.1, 0.15) is 103 Å². The average molecular weight is 359 g/mol. The zero-order chi connectivity index (χ0) is 18.5. The van der Waals surface area contributed by atoms with Crippen LogP contribution in [0.3, 0.4) is 0 Å². The molecule has 1 fully saturated rings. The Labute approximate surface area is 162 Å². The van der Waals surface area contributed by atoms with E-state index in [4.69, 9.17) is 4.74 Å². The number of unbranched alkanes of at least 4 members (excludes halogenated alkanes) is 4. The molecule has 0 radical (unpaired) electrons. The van der Waals surface area contributed by atoms with Gasteiger partial charge in [-0.1, -0.05) is 90.2 Å². The lowest BCUT2D eigenvalue weighted by atomic mass is 9.78. The minimum Gasteiger partial charge on any atom is -0.494 e. The third-order valence-electron chi connectivity index (χ3n) is 6.20. The first kappa shape index (κ1) is 21.3. The number of rotatable bonds is 13. The fraction of sp³-hybridized carbons (Fsp3) is 0.760. The molecule has 0 aromatic heterocycles. The maximum atomic E-state index is 5.96. The number of hydrogen-bond acceptors (Lipinski definition) is 1. The molecule has 2 rings (SSSR count). The predicted molar refractivity (Wildman–Crippen MR) is 114 cm³/mol. The van der Waals surface area contributed by atoms with E-state index in [-0.39, 0.29) is 0 Å². The highest BCUT2D eigenvalue weighted by Crippen LogP contribution is 2.34.